The second-order valence-electron chi connectivity index (χ2n) is 6.36. The lowest BCUT2D eigenvalue weighted by atomic mass is 9.97. The van der Waals surface area contributed by atoms with Gasteiger partial charge in [0.15, 0.2) is 0 Å². The summed E-state index contributed by atoms with van der Waals surface area (Å²) in [6.07, 6.45) is -0.430. The Bertz CT molecular complexity index is 925. The van der Waals surface area contributed by atoms with Gasteiger partial charge in [0.1, 0.15) is 6.10 Å². The zero-order chi connectivity index (χ0) is 18.1. The molecule has 0 spiro atoms. The van der Waals surface area contributed by atoms with Crippen LogP contribution in [0.5, 0.6) is 0 Å². The fraction of sp³-hybridized carbons (Fsp3) is 0.300. The Kier molecular flexibility index (Phi) is 4.72. The number of aliphatic hydroxyl groups excluding tert-OH is 1. The molecular weight excluding hydrogens is 348 g/mol. The van der Waals surface area contributed by atoms with Gasteiger partial charge < -0.3 is 14.7 Å². The Morgan fingerprint density at radius 1 is 1.31 bits per heavy atom. The van der Waals surface area contributed by atoms with Crippen molar-refractivity contribution >= 4 is 27.5 Å². The summed E-state index contributed by atoms with van der Waals surface area (Å²) in [6.45, 7) is 2.74. The third-order valence-corrected chi connectivity index (χ3v) is 5.63. The summed E-state index contributed by atoms with van der Waals surface area (Å²) in [7, 11) is 0. The first-order chi connectivity index (χ1) is 12.7. The molecule has 0 saturated carbocycles. The van der Waals surface area contributed by atoms with Crippen LogP contribution in [0.2, 0.25) is 0 Å². The number of benzene rings is 2. The van der Waals surface area contributed by atoms with Crippen molar-refractivity contribution in [2.24, 2.45) is 0 Å². The maximum absolute atomic E-state index is 13.3. The second-order valence-corrected chi connectivity index (χ2v) is 7.60. The highest BCUT2D eigenvalue weighted by atomic mass is 32.1. The van der Waals surface area contributed by atoms with E-state index in [0.29, 0.717) is 18.7 Å². The predicted octanol–water partition coefficient (Wildman–Crippen LogP) is 3.18. The van der Waals surface area contributed by atoms with Crippen molar-refractivity contribution in [1.29, 1.82) is 0 Å². The number of hydrogen-bond acceptors (Lipinski definition) is 5. The van der Waals surface area contributed by atoms with Gasteiger partial charge >= 0.3 is 0 Å². The number of hydrogen-bond donors (Lipinski definition) is 1. The Morgan fingerprint density at radius 2 is 2.12 bits per heavy atom. The Balaban J connectivity index is 1.71. The van der Waals surface area contributed by atoms with Crippen LogP contribution in [0, 0.1) is 6.92 Å². The summed E-state index contributed by atoms with van der Waals surface area (Å²) < 4.78 is 6.81. The maximum atomic E-state index is 13.3. The molecule has 4 rings (SSSR count). The van der Waals surface area contributed by atoms with E-state index < -0.39 is 6.10 Å². The smallest absolute Gasteiger partial charge is 0.254 e. The Morgan fingerprint density at radius 3 is 2.88 bits per heavy atom. The molecule has 1 N–H and O–H groups in total. The highest BCUT2D eigenvalue weighted by molar-refractivity contribution is 7.18. The molecular formula is C20H20N2O3S. The third kappa shape index (κ3) is 3.11. The minimum absolute atomic E-state index is 0.0619. The van der Waals surface area contributed by atoms with Crippen molar-refractivity contribution < 1.29 is 14.6 Å². The molecule has 6 heteroatoms. The number of thiazole rings is 1. The molecule has 1 fully saturated rings. The topological polar surface area (TPSA) is 62.7 Å². The number of fused-ring (bicyclic) bond motifs is 1. The zero-order valence-electron chi connectivity index (χ0n) is 14.5. The first kappa shape index (κ1) is 17.1. The molecule has 1 saturated heterocycles. The third-order valence-electron chi connectivity index (χ3n) is 4.68. The van der Waals surface area contributed by atoms with Gasteiger partial charge in [-0.05, 0) is 30.7 Å². The van der Waals surface area contributed by atoms with Crippen molar-refractivity contribution in [2.75, 3.05) is 19.8 Å². The van der Waals surface area contributed by atoms with E-state index in [1.165, 1.54) is 0 Å². The van der Waals surface area contributed by atoms with Crippen LogP contribution in [-0.4, -0.2) is 46.8 Å². The van der Waals surface area contributed by atoms with Gasteiger partial charge in [0.25, 0.3) is 5.91 Å². The zero-order valence-corrected chi connectivity index (χ0v) is 15.3. The molecule has 1 aliphatic heterocycles. The molecule has 2 atom stereocenters. The lowest BCUT2D eigenvalue weighted by Gasteiger charge is -2.41. The van der Waals surface area contributed by atoms with Gasteiger partial charge in [-0.2, -0.15) is 0 Å². The lowest BCUT2D eigenvalue weighted by molar-refractivity contribution is -0.0811. The Hall–Kier alpha value is -2.28. The fourth-order valence-electron chi connectivity index (χ4n) is 3.50. The quantitative estimate of drug-likeness (QED) is 0.771. The number of rotatable bonds is 3. The van der Waals surface area contributed by atoms with Gasteiger partial charge in [0, 0.05) is 12.1 Å². The number of carbonyl (C=O) groups excluding carboxylic acids is 1. The minimum atomic E-state index is -0.430. The number of aryl methyl sites for hydroxylation is 1. The van der Waals surface area contributed by atoms with Crippen molar-refractivity contribution in [2.45, 2.75) is 19.1 Å². The van der Waals surface area contributed by atoms with E-state index in [1.54, 1.807) is 16.2 Å². The van der Waals surface area contributed by atoms with Gasteiger partial charge in [0.05, 0.1) is 34.5 Å². The number of ether oxygens (including phenoxy) is 1. The van der Waals surface area contributed by atoms with E-state index >= 15 is 0 Å². The molecule has 1 amide bonds. The number of carbonyl (C=O) groups is 1. The second kappa shape index (κ2) is 7.15. The highest BCUT2D eigenvalue weighted by Crippen LogP contribution is 2.31. The van der Waals surface area contributed by atoms with E-state index in [4.69, 9.17) is 4.74 Å². The fourth-order valence-corrected chi connectivity index (χ4v) is 4.31. The van der Waals surface area contributed by atoms with E-state index in [2.05, 4.69) is 4.98 Å². The predicted molar refractivity (Wildman–Crippen MR) is 101 cm³/mol. The summed E-state index contributed by atoms with van der Waals surface area (Å²) in [4.78, 5) is 19.6. The van der Waals surface area contributed by atoms with E-state index in [-0.39, 0.29) is 18.6 Å². The van der Waals surface area contributed by atoms with Crippen molar-refractivity contribution in [3.63, 3.8) is 0 Å². The molecule has 0 radical (unpaired) electrons. The molecule has 1 aliphatic rings. The van der Waals surface area contributed by atoms with Crippen LogP contribution in [0.4, 0.5) is 0 Å². The first-order valence-electron chi connectivity index (χ1n) is 8.63. The molecule has 2 heterocycles. The molecule has 5 nitrogen and oxygen atoms in total. The summed E-state index contributed by atoms with van der Waals surface area (Å²) >= 11 is 1.62. The van der Waals surface area contributed by atoms with Crippen molar-refractivity contribution in [3.05, 3.63) is 64.7 Å². The molecule has 0 unspecified atom stereocenters. The number of nitrogens with zero attached hydrogens (tertiary/aromatic N) is 2. The Labute approximate surface area is 155 Å². The summed E-state index contributed by atoms with van der Waals surface area (Å²) in [5.41, 5.74) is 2.43. The molecule has 0 aliphatic carbocycles. The SMILES string of the molecule is Cc1nc2cc(C(=O)N3CCO[C@H](CO)[C@H]3c3ccccc3)ccc2s1. The van der Waals surface area contributed by atoms with Gasteiger partial charge in [-0.15, -0.1) is 11.3 Å². The van der Waals surface area contributed by atoms with Crippen molar-refractivity contribution in [1.82, 2.24) is 9.88 Å². The maximum Gasteiger partial charge on any atom is 0.254 e. The van der Waals surface area contributed by atoms with Crippen LogP contribution in [0.3, 0.4) is 0 Å². The molecule has 2 aromatic carbocycles. The van der Waals surface area contributed by atoms with Crippen LogP contribution >= 0.6 is 11.3 Å². The van der Waals surface area contributed by atoms with Crippen LogP contribution < -0.4 is 0 Å². The van der Waals surface area contributed by atoms with Gasteiger partial charge in [-0.3, -0.25) is 4.79 Å². The highest BCUT2D eigenvalue weighted by Gasteiger charge is 2.36. The van der Waals surface area contributed by atoms with Gasteiger partial charge in [0.2, 0.25) is 0 Å². The molecule has 3 aromatic rings. The largest absolute Gasteiger partial charge is 0.394 e. The van der Waals surface area contributed by atoms with Crippen molar-refractivity contribution in [3.8, 4) is 0 Å². The monoisotopic (exact) mass is 368 g/mol. The molecule has 1 aromatic heterocycles. The number of amides is 1. The average Bonchev–Trinajstić information content (AvgIpc) is 3.06. The summed E-state index contributed by atoms with van der Waals surface area (Å²) in [5.74, 6) is -0.0619. The van der Waals surface area contributed by atoms with Crippen LogP contribution in [-0.2, 0) is 4.74 Å². The van der Waals surface area contributed by atoms with E-state index in [1.807, 2.05) is 55.5 Å². The average molecular weight is 368 g/mol. The van der Waals surface area contributed by atoms with Crippen LogP contribution in [0.1, 0.15) is 27.0 Å². The molecule has 0 bridgehead atoms. The summed E-state index contributed by atoms with van der Waals surface area (Å²) in [6, 6.07) is 15.1. The molecule has 134 valence electrons. The number of aliphatic hydroxyl groups is 1. The first-order valence-corrected chi connectivity index (χ1v) is 9.44. The van der Waals surface area contributed by atoms with Crippen LogP contribution in [0.15, 0.2) is 48.5 Å². The lowest BCUT2D eigenvalue weighted by Crippen LogP contribution is -2.49. The van der Waals surface area contributed by atoms with Crippen LogP contribution in [0.25, 0.3) is 10.2 Å². The van der Waals surface area contributed by atoms with Gasteiger partial charge in [-0.1, -0.05) is 30.3 Å². The minimum Gasteiger partial charge on any atom is -0.394 e. The molecule has 26 heavy (non-hydrogen) atoms. The van der Waals surface area contributed by atoms with E-state index in [0.717, 1.165) is 20.8 Å². The summed E-state index contributed by atoms with van der Waals surface area (Å²) in [5, 5.41) is 10.8. The van der Waals surface area contributed by atoms with Gasteiger partial charge in [-0.25, -0.2) is 4.98 Å². The normalized spacial score (nSPS) is 20.5. The standard InChI is InChI=1S/C20H20N2O3S/c1-13-21-16-11-15(7-8-18(16)26-13)20(24)22-9-10-25-17(12-23)19(22)14-5-3-2-4-6-14/h2-8,11,17,19,23H,9-10,12H2,1H3/t17-,19-/m1/s1. The number of aromatic nitrogens is 1. The van der Waals surface area contributed by atoms with E-state index in [9.17, 15) is 9.90 Å². The number of morpholine rings is 1.